The fourth-order valence-electron chi connectivity index (χ4n) is 2.69. The molecule has 5 heteroatoms. The smallest absolute Gasteiger partial charge is 0.343 e. The second kappa shape index (κ2) is 11.0. The van der Waals surface area contributed by atoms with E-state index in [1.165, 1.54) is 25.3 Å². The lowest BCUT2D eigenvalue weighted by Gasteiger charge is -2.14. The van der Waals surface area contributed by atoms with Crippen molar-refractivity contribution in [2.75, 3.05) is 6.61 Å². The van der Waals surface area contributed by atoms with E-state index in [2.05, 4.69) is 6.92 Å². The molecule has 0 unspecified atom stereocenters. The number of unbranched alkanes of at least 4 members (excludes halogenated alkanes) is 5. The Morgan fingerprint density at radius 2 is 1.59 bits per heavy atom. The Balaban J connectivity index is 2.05. The molecular weight excluding hydrogens is 344 g/mol. The lowest BCUT2D eigenvalue weighted by Crippen LogP contribution is -2.13. The number of rotatable bonds is 11. The van der Waals surface area contributed by atoms with Crippen molar-refractivity contribution < 1.29 is 24.2 Å². The Hall–Kier alpha value is -2.82. The molecule has 1 N–H and O–H groups in total. The first kappa shape index (κ1) is 20.5. The number of carboxylic acid groups (broad SMARTS) is 1. The highest BCUT2D eigenvalue weighted by Crippen LogP contribution is 2.32. The number of aromatic carboxylic acids is 1. The third-order valence-corrected chi connectivity index (χ3v) is 4.17. The van der Waals surface area contributed by atoms with Crippen molar-refractivity contribution in [1.29, 1.82) is 0 Å². The van der Waals surface area contributed by atoms with Crippen LogP contribution in [0.5, 0.6) is 11.5 Å². The van der Waals surface area contributed by atoms with Gasteiger partial charge in [-0.2, -0.15) is 0 Å². The van der Waals surface area contributed by atoms with Gasteiger partial charge in [0.2, 0.25) is 0 Å². The van der Waals surface area contributed by atoms with E-state index in [1.54, 1.807) is 42.5 Å². The lowest BCUT2D eigenvalue weighted by molar-refractivity contribution is 0.0677. The van der Waals surface area contributed by atoms with Crippen LogP contribution in [-0.2, 0) is 0 Å². The lowest BCUT2D eigenvalue weighted by atomic mass is 10.1. The zero-order valence-electron chi connectivity index (χ0n) is 15.6. The largest absolute Gasteiger partial charge is 0.490 e. The summed E-state index contributed by atoms with van der Waals surface area (Å²) in [7, 11) is 0. The Kier molecular flexibility index (Phi) is 8.36. The second-order valence-corrected chi connectivity index (χ2v) is 6.31. The van der Waals surface area contributed by atoms with Gasteiger partial charge in [-0.3, -0.25) is 0 Å². The highest BCUT2D eigenvalue weighted by Gasteiger charge is 2.20. The fourth-order valence-corrected chi connectivity index (χ4v) is 2.69. The van der Waals surface area contributed by atoms with E-state index in [0.717, 1.165) is 19.3 Å². The van der Waals surface area contributed by atoms with Gasteiger partial charge in [0, 0.05) is 0 Å². The Labute approximate surface area is 159 Å². The summed E-state index contributed by atoms with van der Waals surface area (Å²) >= 11 is 0. The van der Waals surface area contributed by atoms with Crippen molar-refractivity contribution in [1.82, 2.24) is 0 Å². The molecule has 0 amide bonds. The van der Waals surface area contributed by atoms with Crippen molar-refractivity contribution in [2.45, 2.75) is 45.4 Å². The summed E-state index contributed by atoms with van der Waals surface area (Å²) in [6, 6.07) is 13.1. The third kappa shape index (κ3) is 6.44. The molecule has 0 bridgehead atoms. The second-order valence-electron chi connectivity index (χ2n) is 6.31. The summed E-state index contributed by atoms with van der Waals surface area (Å²) in [5.74, 6) is -1.57. The van der Waals surface area contributed by atoms with Crippen molar-refractivity contribution in [3.05, 3.63) is 59.7 Å². The van der Waals surface area contributed by atoms with Gasteiger partial charge in [0.25, 0.3) is 0 Å². The minimum atomic E-state index is -1.17. The highest BCUT2D eigenvalue weighted by molar-refractivity contribution is 5.96. The normalized spacial score (nSPS) is 10.4. The number of carbonyl (C=O) groups is 2. The number of carboxylic acids is 1. The molecule has 0 aliphatic carbocycles. The quantitative estimate of drug-likeness (QED) is 0.328. The Morgan fingerprint density at radius 1 is 0.889 bits per heavy atom. The molecule has 0 spiro atoms. The number of carbonyl (C=O) groups excluding carboxylic acids is 1. The number of ether oxygens (including phenoxy) is 2. The molecule has 0 aliphatic heterocycles. The van der Waals surface area contributed by atoms with E-state index >= 15 is 0 Å². The first-order valence-electron chi connectivity index (χ1n) is 9.39. The van der Waals surface area contributed by atoms with Crippen LogP contribution in [0.15, 0.2) is 48.5 Å². The van der Waals surface area contributed by atoms with E-state index in [0.29, 0.717) is 12.2 Å². The average Bonchev–Trinajstić information content (AvgIpc) is 2.68. The molecule has 0 saturated heterocycles. The third-order valence-electron chi connectivity index (χ3n) is 4.17. The molecule has 2 aromatic carbocycles. The van der Waals surface area contributed by atoms with Gasteiger partial charge in [0.05, 0.1) is 12.2 Å². The van der Waals surface area contributed by atoms with Gasteiger partial charge in [-0.05, 0) is 30.7 Å². The molecule has 2 rings (SSSR count). The molecule has 0 aliphatic rings. The molecule has 0 radical (unpaired) electrons. The first-order valence-corrected chi connectivity index (χ1v) is 9.39. The van der Waals surface area contributed by atoms with Crippen molar-refractivity contribution in [3.8, 4) is 11.5 Å². The van der Waals surface area contributed by atoms with Crippen molar-refractivity contribution in [3.63, 3.8) is 0 Å². The van der Waals surface area contributed by atoms with E-state index in [9.17, 15) is 14.7 Å². The average molecular weight is 370 g/mol. The van der Waals surface area contributed by atoms with Gasteiger partial charge < -0.3 is 14.6 Å². The molecule has 27 heavy (non-hydrogen) atoms. The maximum Gasteiger partial charge on any atom is 0.343 e. The SMILES string of the molecule is CCCCCCCCOc1cccc(C(=O)O)c1OC(=O)c1ccccc1. The van der Waals surface area contributed by atoms with Crippen LogP contribution in [0.4, 0.5) is 0 Å². The molecule has 0 atom stereocenters. The van der Waals surface area contributed by atoms with Gasteiger partial charge in [-0.25, -0.2) is 9.59 Å². The summed E-state index contributed by atoms with van der Waals surface area (Å²) < 4.78 is 11.1. The first-order chi connectivity index (χ1) is 13.1. The Morgan fingerprint density at radius 3 is 2.30 bits per heavy atom. The summed E-state index contributed by atoms with van der Waals surface area (Å²) in [5.41, 5.74) is 0.249. The Bertz CT molecular complexity index is 740. The molecule has 0 heterocycles. The van der Waals surface area contributed by atoms with E-state index in [1.807, 2.05) is 0 Å². The maximum atomic E-state index is 12.3. The van der Waals surface area contributed by atoms with Crippen LogP contribution in [0.3, 0.4) is 0 Å². The molecule has 2 aromatic rings. The zero-order chi connectivity index (χ0) is 19.5. The van der Waals surface area contributed by atoms with Gasteiger partial charge in [0.1, 0.15) is 5.56 Å². The minimum absolute atomic E-state index is 0.0511. The predicted octanol–water partition coefficient (Wildman–Crippen LogP) is 5.34. The van der Waals surface area contributed by atoms with Crippen molar-refractivity contribution >= 4 is 11.9 Å². The van der Waals surface area contributed by atoms with Crippen LogP contribution in [-0.4, -0.2) is 23.7 Å². The van der Waals surface area contributed by atoms with E-state index in [-0.39, 0.29) is 17.1 Å². The molecule has 0 saturated carbocycles. The van der Waals surface area contributed by atoms with Gasteiger partial charge in [-0.15, -0.1) is 0 Å². The number of benzene rings is 2. The molecule has 5 nitrogen and oxygen atoms in total. The monoisotopic (exact) mass is 370 g/mol. The zero-order valence-corrected chi connectivity index (χ0v) is 15.6. The summed E-state index contributed by atoms with van der Waals surface area (Å²) in [6.45, 7) is 2.63. The predicted molar refractivity (Wildman–Crippen MR) is 104 cm³/mol. The van der Waals surface area contributed by atoms with Crippen LogP contribution in [0.25, 0.3) is 0 Å². The minimum Gasteiger partial charge on any atom is -0.490 e. The number of esters is 1. The van der Waals surface area contributed by atoms with Crippen LogP contribution in [0, 0.1) is 0 Å². The number of hydrogen-bond donors (Lipinski definition) is 1. The molecule has 0 aromatic heterocycles. The fraction of sp³-hybridized carbons (Fsp3) is 0.364. The van der Waals surface area contributed by atoms with Crippen LogP contribution < -0.4 is 9.47 Å². The summed E-state index contributed by atoms with van der Waals surface area (Å²) in [5, 5.41) is 9.42. The van der Waals surface area contributed by atoms with Crippen molar-refractivity contribution in [2.24, 2.45) is 0 Å². The maximum absolute atomic E-state index is 12.3. The van der Waals surface area contributed by atoms with Gasteiger partial charge in [0.15, 0.2) is 11.5 Å². The van der Waals surface area contributed by atoms with Crippen LogP contribution in [0.1, 0.15) is 66.2 Å². The van der Waals surface area contributed by atoms with Gasteiger partial charge >= 0.3 is 11.9 Å². The topological polar surface area (TPSA) is 72.8 Å². The number of hydrogen-bond acceptors (Lipinski definition) is 4. The molecular formula is C22H26O5. The standard InChI is InChI=1S/C22H26O5/c1-2-3-4-5-6-10-16-26-19-15-11-14-18(21(23)24)20(19)27-22(25)17-12-8-7-9-13-17/h7-9,11-15H,2-6,10,16H2,1H3,(H,23,24). The van der Waals surface area contributed by atoms with E-state index < -0.39 is 11.9 Å². The summed E-state index contributed by atoms with van der Waals surface area (Å²) in [4.78, 5) is 23.9. The highest BCUT2D eigenvalue weighted by atomic mass is 16.6. The molecule has 144 valence electrons. The number of para-hydroxylation sites is 1. The summed E-state index contributed by atoms with van der Waals surface area (Å²) in [6.07, 6.45) is 6.73. The van der Waals surface area contributed by atoms with E-state index in [4.69, 9.17) is 9.47 Å². The van der Waals surface area contributed by atoms with Gasteiger partial charge in [-0.1, -0.05) is 63.3 Å². The van der Waals surface area contributed by atoms with Crippen LogP contribution in [0.2, 0.25) is 0 Å². The van der Waals surface area contributed by atoms with Crippen LogP contribution >= 0.6 is 0 Å². The molecule has 0 fully saturated rings.